The van der Waals surface area contributed by atoms with Gasteiger partial charge in [0.2, 0.25) is 5.91 Å². The van der Waals surface area contributed by atoms with E-state index in [0.717, 1.165) is 35.8 Å². The molecule has 2 heterocycles. The molecule has 1 unspecified atom stereocenters. The lowest BCUT2D eigenvalue weighted by Gasteiger charge is -2.15. The first-order chi connectivity index (χ1) is 23.0. The Labute approximate surface area is 284 Å². The van der Waals surface area contributed by atoms with Crippen molar-refractivity contribution in [3.05, 3.63) is 70.9 Å². The molecule has 48 heavy (non-hydrogen) atoms. The average Bonchev–Trinajstić information content (AvgIpc) is 3.69. The number of allylic oxidation sites excluding steroid dienone is 1. The summed E-state index contributed by atoms with van der Waals surface area (Å²) in [5.41, 5.74) is 1.88. The van der Waals surface area contributed by atoms with Crippen LogP contribution in [-0.2, 0) is 9.59 Å². The van der Waals surface area contributed by atoms with Gasteiger partial charge in [-0.25, -0.2) is 0 Å². The highest BCUT2D eigenvalue weighted by atomic mass is 32.1. The Kier molecular flexibility index (Phi) is 12.5. The quantitative estimate of drug-likeness (QED) is 0.0690. The third-order valence-corrected chi connectivity index (χ3v) is 8.84. The second kappa shape index (κ2) is 16.7. The third kappa shape index (κ3) is 9.29. The van der Waals surface area contributed by atoms with Gasteiger partial charge in [-0.2, -0.15) is 0 Å². The minimum absolute atomic E-state index is 0.0804. The van der Waals surface area contributed by atoms with Gasteiger partial charge >= 0.3 is 0 Å². The molecule has 2 aromatic carbocycles. The molecule has 1 aromatic heterocycles. The smallest absolute Gasteiger partial charge is 0.271 e. The Bertz CT molecular complexity index is 1750. The number of thiophene rings is 1. The summed E-state index contributed by atoms with van der Waals surface area (Å²) in [6.45, 7) is 5.09. The summed E-state index contributed by atoms with van der Waals surface area (Å²) in [5, 5.41) is 9.21. The normalized spacial score (nSPS) is 14.9. The second-order valence-corrected chi connectivity index (χ2v) is 12.6. The molecule has 254 valence electrons. The van der Waals surface area contributed by atoms with Crippen LogP contribution in [0, 0.1) is 0 Å². The Morgan fingerprint density at radius 2 is 1.96 bits per heavy atom. The van der Waals surface area contributed by atoms with E-state index in [9.17, 15) is 19.2 Å². The van der Waals surface area contributed by atoms with Crippen molar-refractivity contribution < 1.29 is 28.7 Å². The lowest BCUT2D eigenvalue weighted by Crippen LogP contribution is -2.26. The van der Waals surface area contributed by atoms with Gasteiger partial charge in [0.25, 0.3) is 11.8 Å². The summed E-state index contributed by atoms with van der Waals surface area (Å²) in [6, 6.07) is 10.7. The van der Waals surface area contributed by atoms with Crippen LogP contribution >= 0.6 is 11.3 Å². The summed E-state index contributed by atoms with van der Waals surface area (Å²) in [6.07, 6.45) is 6.69. The zero-order valence-corrected chi connectivity index (χ0v) is 28.7. The molecule has 0 bridgehead atoms. The van der Waals surface area contributed by atoms with Crippen LogP contribution in [0.4, 0.5) is 11.4 Å². The predicted molar refractivity (Wildman–Crippen MR) is 190 cm³/mol. The zero-order valence-electron chi connectivity index (χ0n) is 27.9. The molecule has 1 saturated heterocycles. The third-order valence-electron chi connectivity index (χ3n) is 7.73. The van der Waals surface area contributed by atoms with E-state index in [1.807, 2.05) is 19.3 Å². The van der Waals surface area contributed by atoms with Gasteiger partial charge in [0.1, 0.15) is 5.70 Å². The Hall–Kier alpha value is -5.01. The highest BCUT2D eigenvalue weighted by Gasteiger charge is 2.19. The van der Waals surface area contributed by atoms with E-state index in [0.29, 0.717) is 39.7 Å². The number of rotatable bonds is 15. The number of hydrogen-bond acceptors (Lipinski definition) is 10. The molecule has 3 amide bonds. The van der Waals surface area contributed by atoms with Crippen LogP contribution in [0.5, 0.6) is 11.5 Å². The fraction of sp³-hybridized carbons (Fsp3) is 0.343. The number of aldehydes is 1. The number of benzene rings is 2. The molecule has 0 radical (unpaired) electrons. The van der Waals surface area contributed by atoms with Crippen molar-refractivity contribution in [3.63, 3.8) is 0 Å². The molecule has 3 N–H and O–H groups in total. The topological polar surface area (TPSA) is 142 Å². The molecular formula is C35H42N6O6S. The number of carbonyl (C=O) groups is 4. The standard InChI is InChI=1S/C35H42N6O6S/c1-22(15-28(36-2)34(44)39-25-11-12-31-23(16-25)18-32(48-31)35(45)40(3)4)38-33(43)10-8-14-47-30-19-27(24(21-42)17-29(30)46-6)37-20-26-9-7-13-41(26)5/h11-12,15-21,26,36H,1,7-10,13-14H2,2-6H3,(H,38,43)(H,39,44)/b28-15-,37-20?. The monoisotopic (exact) mass is 674 g/mol. The van der Waals surface area contributed by atoms with Gasteiger partial charge in [0.05, 0.1) is 24.3 Å². The molecule has 4 rings (SSSR count). The van der Waals surface area contributed by atoms with Crippen LogP contribution in [0.2, 0.25) is 0 Å². The average molecular weight is 675 g/mol. The van der Waals surface area contributed by atoms with Crippen LogP contribution in [-0.4, -0.2) is 94.5 Å². The minimum atomic E-state index is -0.422. The van der Waals surface area contributed by atoms with Crippen molar-refractivity contribution >= 4 is 63.0 Å². The highest BCUT2D eigenvalue weighted by molar-refractivity contribution is 7.20. The molecule has 1 aliphatic rings. The van der Waals surface area contributed by atoms with Crippen molar-refractivity contribution in [1.82, 2.24) is 20.4 Å². The lowest BCUT2D eigenvalue weighted by molar-refractivity contribution is -0.120. The first-order valence-corrected chi connectivity index (χ1v) is 16.3. The number of methoxy groups -OCH3 is 1. The maximum absolute atomic E-state index is 13.0. The number of carbonyl (C=O) groups excluding carboxylic acids is 4. The number of amides is 3. The molecule has 12 nitrogen and oxygen atoms in total. The molecule has 1 aliphatic heterocycles. The summed E-state index contributed by atoms with van der Waals surface area (Å²) in [7, 11) is 8.54. The molecule has 0 aliphatic carbocycles. The number of aliphatic imine (C=N–C) groups is 1. The number of anilines is 1. The fourth-order valence-corrected chi connectivity index (χ4v) is 6.16. The lowest BCUT2D eigenvalue weighted by atomic mass is 10.1. The van der Waals surface area contributed by atoms with Crippen LogP contribution in [0.15, 0.2) is 65.4 Å². The van der Waals surface area contributed by atoms with E-state index in [1.54, 1.807) is 51.5 Å². The minimum Gasteiger partial charge on any atom is -0.493 e. The van der Waals surface area contributed by atoms with Gasteiger partial charge in [-0.1, -0.05) is 6.58 Å². The Morgan fingerprint density at radius 1 is 1.17 bits per heavy atom. The van der Waals surface area contributed by atoms with E-state index in [4.69, 9.17) is 9.47 Å². The SMILES string of the molecule is C=C(/C=C(\NC)C(=O)Nc1ccc2sc(C(=O)N(C)C)cc2c1)NC(=O)CCCOc1cc(N=CC2CCCN2C)c(C=O)cc1OC. The van der Waals surface area contributed by atoms with Crippen molar-refractivity contribution in [3.8, 4) is 11.5 Å². The molecule has 3 aromatic rings. The van der Waals surface area contributed by atoms with Crippen molar-refractivity contribution in [2.75, 3.05) is 53.8 Å². The first-order valence-electron chi connectivity index (χ1n) is 15.5. The molecule has 0 spiro atoms. The van der Waals surface area contributed by atoms with E-state index < -0.39 is 5.91 Å². The first kappa shape index (κ1) is 35.8. The fourth-order valence-electron chi connectivity index (χ4n) is 5.10. The number of fused-ring (bicyclic) bond motifs is 1. The molecule has 13 heteroatoms. The van der Waals surface area contributed by atoms with E-state index >= 15 is 0 Å². The highest BCUT2D eigenvalue weighted by Crippen LogP contribution is 2.35. The number of likely N-dealkylation sites (N-methyl/N-ethyl adjacent to an activating group) is 1. The van der Waals surface area contributed by atoms with Crippen LogP contribution < -0.4 is 25.4 Å². The molecule has 0 saturated carbocycles. The van der Waals surface area contributed by atoms with Crippen LogP contribution in [0.25, 0.3) is 10.1 Å². The van der Waals surface area contributed by atoms with Crippen molar-refractivity contribution in [1.29, 1.82) is 0 Å². The van der Waals surface area contributed by atoms with Crippen LogP contribution in [0.1, 0.15) is 45.7 Å². The second-order valence-electron chi connectivity index (χ2n) is 11.5. The van der Waals surface area contributed by atoms with Gasteiger partial charge in [-0.05, 0) is 74.6 Å². The largest absolute Gasteiger partial charge is 0.493 e. The summed E-state index contributed by atoms with van der Waals surface area (Å²) in [4.78, 5) is 58.5. The van der Waals surface area contributed by atoms with Crippen LogP contribution in [0.3, 0.4) is 0 Å². The number of likely N-dealkylation sites (tertiary alicyclic amines) is 1. The zero-order chi connectivity index (χ0) is 34.8. The molecular weight excluding hydrogens is 632 g/mol. The van der Waals surface area contributed by atoms with Crippen molar-refractivity contribution in [2.24, 2.45) is 4.99 Å². The Morgan fingerprint density at radius 3 is 2.62 bits per heavy atom. The summed E-state index contributed by atoms with van der Waals surface area (Å²) in [5.74, 6) is 0.0236. The van der Waals surface area contributed by atoms with E-state index in [-0.39, 0.29) is 42.3 Å². The number of ether oxygens (including phenoxy) is 2. The maximum Gasteiger partial charge on any atom is 0.271 e. The van der Waals surface area contributed by atoms with Gasteiger partial charge < -0.3 is 30.3 Å². The van der Waals surface area contributed by atoms with E-state index in [2.05, 4.69) is 32.4 Å². The van der Waals surface area contributed by atoms with Crippen molar-refractivity contribution in [2.45, 2.75) is 31.7 Å². The predicted octanol–water partition coefficient (Wildman–Crippen LogP) is 4.75. The summed E-state index contributed by atoms with van der Waals surface area (Å²) >= 11 is 1.39. The molecule has 1 atom stereocenters. The van der Waals surface area contributed by atoms with Gasteiger partial charge in [0, 0.05) is 67.5 Å². The molecule has 1 fully saturated rings. The van der Waals surface area contributed by atoms with Gasteiger partial charge in [-0.3, -0.25) is 29.1 Å². The maximum atomic E-state index is 13.0. The van der Waals surface area contributed by atoms with Gasteiger partial charge in [0.15, 0.2) is 17.8 Å². The number of nitrogens with zero attached hydrogens (tertiary/aromatic N) is 3. The Balaban J connectivity index is 1.29. The van der Waals surface area contributed by atoms with E-state index in [1.165, 1.54) is 29.4 Å². The van der Waals surface area contributed by atoms with Gasteiger partial charge in [-0.15, -0.1) is 11.3 Å². The number of nitrogens with one attached hydrogen (secondary N) is 3. The summed E-state index contributed by atoms with van der Waals surface area (Å²) < 4.78 is 12.3. The number of hydrogen-bond donors (Lipinski definition) is 3.